The molecule has 0 radical (unpaired) electrons. The van der Waals surface area contributed by atoms with Gasteiger partial charge in [-0.15, -0.1) is 0 Å². The van der Waals surface area contributed by atoms with Gasteiger partial charge in [0.2, 0.25) is 0 Å². The van der Waals surface area contributed by atoms with E-state index in [-0.39, 0.29) is 10.6 Å². The number of H-pyrrole nitrogens is 1. The second-order valence-electron chi connectivity index (χ2n) is 3.35. The van der Waals surface area contributed by atoms with E-state index in [2.05, 4.69) is 4.98 Å². The van der Waals surface area contributed by atoms with Crippen LogP contribution in [0.1, 0.15) is 5.69 Å². The summed E-state index contributed by atoms with van der Waals surface area (Å²) >= 11 is 11.0. The fourth-order valence-corrected chi connectivity index (χ4v) is 1.91. The van der Waals surface area contributed by atoms with Crippen molar-refractivity contribution in [1.82, 2.24) is 9.55 Å². The summed E-state index contributed by atoms with van der Waals surface area (Å²) in [6.07, 6.45) is 0. The van der Waals surface area contributed by atoms with Crippen molar-refractivity contribution in [3.8, 4) is 5.69 Å². The van der Waals surface area contributed by atoms with E-state index in [9.17, 15) is 4.79 Å². The molecule has 2 aromatic rings. The molecule has 2 rings (SSSR count). The van der Waals surface area contributed by atoms with E-state index in [0.29, 0.717) is 16.2 Å². The lowest BCUT2D eigenvalue weighted by atomic mass is 10.3. The molecule has 82 valence electrons. The van der Waals surface area contributed by atoms with E-state index in [1.165, 1.54) is 4.57 Å². The van der Waals surface area contributed by atoms with Crippen LogP contribution in [0.3, 0.4) is 0 Å². The maximum atomic E-state index is 12.0. The lowest BCUT2D eigenvalue weighted by Gasteiger charge is -2.07. The lowest BCUT2D eigenvalue weighted by Crippen LogP contribution is -2.21. The van der Waals surface area contributed by atoms with Crippen molar-refractivity contribution in [3.05, 3.63) is 56.2 Å². The van der Waals surface area contributed by atoms with Crippen LogP contribution in [0.15, 0.2) is 35.1 Å². The zero-order chi connectivity index (χ0) is 11.7. The Kier molecular flexibility index (Phi) is 2.94. The average Bonchev–Trinajstić information content (AvgIpc) is 2.28. The smallest absolute Gasteiger partial charge is 0.277 e. The molecule has 3 nitrogen and oxygen atoms in total. The third-order valence-electron chi connectivity index (χ3n) is 2.23. The first-order chi connectivity index (χ1) is 7.61. The van der Waals surface area contributed by atoms with Gasteiger partial charge in [0.15, 0.2) is 4.77 Å². The van der Waals surface area contributed by atoms with Crippen LogP contribution in [0.4, 0.5) is 0 Å². The molecule has 0 fully saturated rings. The highest BCUT2D eigenvalue weighted by Crippen LogP contribution is 2.10. The molecule has 0 aliphatic heterocycles. The molecule has 1 aromatic carbocycles. The molecule has 0 saturated heterocycles. The van der Waals surface area contributed by atoms with Crippen LogP contribution in [-0.4, -0.2) is 9.55 Å². The number of benzene rings is 1. The summed E-state index contributed by atoms with van der Waals surface area (Å²) in [5.41, 5.74) is 0.994. The first-order valence-corrected chi connectivity index (χ1v) is 5.46. The summed E-state index contributed by atoms with van der Waals surface area (Å²) in [6.45, 7) is 1.72. The first kappa shape index (κ1) is 11.1. The largest absolute Gasteiger partial charge is 0.334 e. The molecule has 0 saturated carbocycles. The van der Waals surface area contributed by atoms with E-state index >= 15 is 0 Å². The Labute approximate surface area is 102 Å². The van der Waals surface area contributed by atoms with Gasteiger partial charge in [-0.2, -0.15) is 0 Å². The third-order valence-corrected chi connectivity index (χ3v) is 2.96. The SMILES string of the molecule is Cc1[nH]c(=S)n(-c2ccccc2)c(=O)c1Cl. The first-order valence-electron chi connectivity index (χ1n) is 4.68. The predicted octanol–water partition coefficient (Wildman–Crippen LogP) is 2.86. The van der Waals surface area contributed by atoms with Crippen LogP contribution in [0.2, 0.25) is 5.02 Å². The van der Waals surface area contributed by atoms with Gasteiger partial charge in [0, 0.05) is 5.69 Å². The molecule has 1 heterocycles. The maximum Gasteiger partial charge on any atom is 0.277 e. The molecule has 16 heavy (non-hydrogen) atoms. The van der Waals surface area contributed by atoms with Gasteiger partial charge >= 0.3 is 0 Å². The summed E-state index contributed by atoms with van der Waals surface area (Å²) in [4.78, 5) is 14.8. The zero-order valence-corrected chi connectivity index (χ0v) is 10.1. The molecule has 0 aliphatic carbocycles. The van der Waals surface area contributed by atoms with Gasteiger partial charge in [0.1, 0.15) is 5.02 Å². The van der Waals surface area contributed by atoms with E-state index < -0.39 is 0 Å². The number of para-hydroxylation sites is 1. The molecular formula is C11H9ClN2OS. The number of rotatable bonds is 1. The van der Waals surface area contributed by atoms with E-state index in [4.69, 9.17) is 23.8 Å². The molecule has 1 N–H and O–H groups in total. The molecule has 0 spiro atoms. The van der Waals surface area contributed by atoms with E-state index in [1.54, 1.807) is 19.1 Å². The highest BCUT2D eigenvalue weighted by atomic mass is 35.5. The van der Waals surface area contributed by atoms with Crippen molar-refractivity contribution >= 4 is 23.8 Å². The minimum absolute atomic E-state index is 0.164. The van der Waals surface area contributed by atoms with Gasteiger partial charge in [0.05, 0.1) is 5.69 Å². The van der Waals surface area contributed by atoms with Crippen LogP contribution < -0.4 is 5.56 Å². The van der Waals surface area contributed by atoms with Crippen molar-refractivity contribution in [2.75, 3.05) is 0 Å². The zero-order valence-electron chi connectivity index (χ0n) is 8.53. The van der Waals surface area contributed by atoms with Crippen molar-refractivity contribution in [2.24, 2.45) is 0 Å². The highest BCUT2D eigenvalue weighted by Gasteiger charge is 2.08. The Morgan fingerprint density at radius 1 is 1.31 bits per heavy atom. The van der Waals surface area contributed by atoms with E-state index in [1.807, 2.05) is 18.2 Å². The van der Waals surface area contributed by atoms with Gasteiger partial charge in [-0.3, -0.25) is 9.36 Å². The molecule has 0 bridgehead atoms. The number of nitrogens with one attached hydrogen (secondary N) is 1. The Morgan fingerprint density at radius 2 is 1.94 bits per heavy atom. The second-order valence-corrected chi connectivity index (χ2v) is 4.11. The number of hydrogen-bond acceptors (Lipinski definition) is 2. The standard InChI is InChI=1S/C11H9ClN2OS/c1-7-9(12)10(15)14(11(16)13-7)8-5-3-2-4-6-8/h2-6H,1H3,(H,13,16). The maximum absolute atomic E-state index is 12.0. The molecule has 0 atom stereocenters. The van der Waals surface area contributed by atoms with Crippen LogP contribution >= 0.6 is 23.8 Å². The van der Waals surface area contributed by atoms with E-state index in [0.717, 1.165) is 0 Å². The van der Waals surface area contributed by atoms with Gasteiger partial charge in [0.25, 0.3) is 5.56 Å². The topological polar surface area (TPSA) is 37.8 Å². The molecule has 1 aromatic heterocycles. The van der Waals surface area contributed by atoms with Gasteiger partial charge in [-0.25, -0.2) is 0 Å². The molecule has 5 heteroatoms. The molecule has 0 aliphatic rings. The van der Waals surface area contributed by atoms with Crippen LogP contribution in [-0.2, 0) is 0 Å². The van der Waals surface area contributed by atoms with Crippen LogP contribution in [0.25, 0.3) is 5.69 Å². The third kappa shape index (κ3) is 1.81. The fourth-order valence-electron chi connectivity index (χ4n) is 1.43. The van der Waals surface area contributed by atoms with Gasteiger partial charge < -0.3 is 4.98 Å². The number of nitrogens with zero attached hydrogens (tertiary/aromatic N) is 1. The highest BCUT2D eigenvalue weighted by molar-refractivity contribution is 7.71. The molecule has 0 unspecified atom stereocenters. The normalized spacial score (nSPS) is 10.4. The Balaban J connectivity index is 2.82. The lowest BCUT2D eigenvalue weighted by molar-refractivity contribution is 0.895. The van der Waals surface area contributed by atoms with Gasteiger partial charge in [-0.05, 0) is 31.3 Å². The Bertz CT molecular complexity index is 631. The number of aryl methyl sites for hydroxylation is 1. The molecular weight excluding hydrogens is 244 g/mol. The average molecular weight is 253 g/mol. The van der Waals surface area contributed by atoms with Gasteiger partial charge in [-0.1, -0.05) is 29.8 Å². The fraction of sp³-hybridized carbons (Fsp3) is 0.0909. The van der Waals surface area contributed by atoms with Crippen LogP contribution in [0, 0.1) is 11.7 Å². The summed E-state index contributed by atoms with van der Waals surface area (Å²) < 4.78 is 1.73. The minimum Gasteiger partial charge on any atom is -0.334 e. The monoisotopic (exact) mass is 252 g/mol. The predicted molar refractivity (Wildman–Crippen MR) is 67.0 cm³/mol. The van der Waals surface area contributed by atoms with Crippen LogP contribution in [0.5, 0.6) is 0 Å². The summed E-state index contributed by atoms with van der Waals surface area (Å²) in [7, 11) is 0. The molecule has 0 amide bonds. The number of hydrogen-bond donors (Lipinski definition) is 1. The van der Waals surface area contributed by atoms with Crippen molar-refractivity contribution in [2.45, 2.75) is 6.92 Å². The van der Waals surface area contributed by atoms with Crippen molar-refractivity contribution in [3.63, 3.8) is 0 Å². The number of halogens is 1. The number of aromatic nitrogens is 2. The summed E-state index contributed by atoms with van der Waals surface area (Å²) in [5, 5.41) is 0.164. The second kappa shape index (κ2) is 4.23. The quantitative estimate of drug-likeness (QED) is 0.793. The minimum atomic E-state index is -0.297. The Morgan fingerprint density at radius 3 is 2.56 bits per heavy atom. The summed E-state index contributed by atoms with van der Waals surface area (Å²) in [6, 6.07) is 9.15. The van der Waals surface area contributed by atoms with Crippen molar-refractivity contribution < 1.29 is 0 Å². The van der Waals surface area contributed by atoms with Crippen molar-refractivity contribution in [1.29, 1.82) is 0 Å². The Hall–Kier alpha value is -1.39. The number of aromatic amines is 1. The summed E-state index contributed by atoms with van der Waals surface area (Å²) in [5.74, 6) is 0.